The van der Waals surface area contributed by atoms with Crippen molar-refractivity contribution in [2.75, 3.05) is 42.0 Å². The van der Waals surface area contributed by atoms with E-state index in [-0.39, 0.29) is 6.42 Å². The summed E-state index contributed by atoms with van der Waals surface area (Å²) in [4.78, 5) is 13.8. The molecule has 1 aliphatic heterocycles. The number of ether oxygens (including phenoxy) is 4. The maximum atomic E-state index is 11.6. The Bertz CT molecular complexity index is 944. The fourth-order valence-corrected chi connectivity index (χ4v) is 4.56. The Balaban J connectivity index is 2.15. The van der Waals surface area contributed by atoms with Gasteiger partial charge in [-0.25, -0.2) is 0 Å². The van der Waals surface area contributed by atoms with E-state index in [1.165, 1.54) is 0 Å². The zero-order chi connectivity index (χ0) is 22.6. The molecule has 7 nitrogen and oxygen atoms in total. The third-order valence-electron chi connectivity index (χ3n) is 6.25. The summed E-state index contributed by atoms with van der Waals surface area (Å²) in [5.41, 5.74) is 2.76. The Morgan fingerprint density at radius 2 is 1.58 bits per heavy atom. The molecule has 1 unspecified atom stereocenters. The van der Waals surface area contributed by atoms with Gasteiger partial charge in [-0.3, -0.25) is 9.69 Å². The van der Waals surface area contributed by atoms with Crippen LogP contribution in [0.2, 0.25) is 0 Å². The standard InChI is InChI=1S/C24H31NO6/c1-25-11-9-17-13-21(30-4)22(31-5)14-18(17)24(25,10-8-23(26)27)15-16-6-7-19(28-2)20(12-16)29-3/h6-7,12-14H,8-11,15H2,1-5H3,(H,26,27). The molecule has 1 heterocycles. The molecular formula is C24H31NO6. The Morgan fingerprint density at radius 3 is 2.19 bits per heavy atom. The number of benzene rings is 2. The van der Waals surface area contributed by atoms with Gasteiger partial charge in [-0.15, -0.1) is 0 Å². The first-order chi connectivity index (χ1) is 14.9. The van der Waals surface area contributed by atoms with Crippen LogP contribution in [0.1, 0.15) is 29.5 Å². The molecule has 0 bridgehead atoms. The average Bonchev–Trinajstić information content (AvgIpc) is 2.78. The number of carboxylic acid groups (broad SMARTS) is 1. The molecule has 0 spiro atoms. The minimum Gasteiger partial charge on any atom is -0.493 e. The Morgan fingerprint density at radius 1 is 0.968 bits per heavy atom. The quantitative estimate of drug-likeness (QED) is 0.654. The second kappa shape index (κ2) is 9.47. The zero-order valence-corrected chi connectivity index (χ0v) is 18.9. The zero-order valence-electron chi connectivity index (χ0n) is 18.9. The normalized spacial score (nSPS) is 18.2. The topological polar surface area (TPSA) is 77.5 Å². The molecule has 0 amide bonds. The smallest absolute Gasteiger partial charge is 0.303 e. The number of rotatable bonds is 9. The van der Waals surface area contributed by atoms with Crippen molar-refractivity contribution in [3.63, 3.8) is 0 Å². The fourth-order valence-electron chi connectivity index (χ4n) is 4.56. The van der Waals surface area contributed by atoms with Crippen molar-refractivity contribution in [3.05, 3.63) is 47.0 Å². The van der Waals surface area contributed by atoms with Crippen LogP contribution in [0.3, 0.4) is 0 Å². The number of likely N-dealkylation sites (N-methyl/N-ethyl adjacent to an activating group) is 1. The van der Waals surface area contributed by atoms with E-state index in [0.29, 0.717) is 35.8 Å². The lowest BCUT2D eigenvalue weighted by atomic mass is 9.73. The highest BCUT2D eigenvalue weighted by atomic mass is 16.5. The van der Waals surface area contributed by atoms with Crippen molar-refractivity contribution < 1.29 is 28.8 Å². The van der Waals surface area contributed by atoms with Crippen LogP contribution in [-0.4, -0.2) is 58.0 Å². The number of aliphatic carboxylic acids is 1. The minimum absolute atomic E-state index is 0.0609. The van der Waals surface area contributed by atoms with Gasteiger partial charge in [0.2, 0.25) is 0 Å². The van der Waals surface area contributed by atoms with Crippen molar-refractivity contribution in [3.8, 4) is 23.0 Å². The molecule has 7 heteroatoms. The van der Waals surface area contributed by atoms with Crippen LogP contribution in [0.15, 0.2) is 30.3 Å². The van der Waals surface area contributed by atoms with Crippen molar-refractivity contribution in [1.82, 2.24) is 4.90 Å². The molecule has 0 radical (unpaired) electrons. The molecule has 3 rings (SSSR count). The lowest BCUT2D eigenvalue weighted by Crippen LogP contribution is -2.50. The summed E-state index contributed by atoms with van der Waals surface area (Å²) in [5.74, 6) is 1.83. The lowest BCUT2D eigenvalue weighted by molar-refractivity contribution is -0.138. The largest absolute Gasteiger partial charge is 0.493 e. The van der Waals surface area contributed by atoms with Gasteiger partial charge in [0.1, 0.15) is 0 Å². The van der Waals surface area contributed by atoms with Crippen molar-refractivity contribution >= 4 is 5.97 Å². The van der Waals surface area contributed by atoms with Gasteiger partial charge in [-0.05, 0) is 67.3 Å². The maximum absolute atomic E-state index is 11.6. The summed E-state index contributed by atoms with van der Waals surface area (Å²) >= 11 is 0. The van der Waals surface area contributed by atoms with Crippen LogP contribution in [-0.2, 0) is 23.2 Å². The number of nitrogens with zero attached hydrogens (tertiary/aromatic N) is 1. The van der Waals surface area contributed by atoms with E-state index < -0.39 is 11.5 Å². The molecule has 168 valence electrons. The van der Waals surface area contributed by atoms with E-state index in [1.54, 1.807) is 28.4 Å². The number of carbonyl (C=O) groups is 1. The number of carboxylic acids is 1. The molecule has 1 aliphatic rings. The Labute approximate surface area is 183 Å². The molecule has 2 aromatic rings. The predicted molar refractivity (Wildman–Crippen MR) is 118 cm³/mol. The summed E-state index contributed by atoms with van der Waals surface area (Å²) in [6, 6.07) is 9.88. The first kappa shape index (κ1) is 22.7. The second-order valence-corrected chi connectivity index (χ2v) is 7.83. The van der Waals surface area contributed by atoms with Gasteiger partial charge in [0.05, 0.1) is 34.0 Å². The second-order valence-electron chi connectivity index (χ2n) is 7.83. The molecule has 1 atom stereocenters. The number of hydrogen-bond donors (Lipinski definition) is 1. The van der Waals surface area contributed by atoms with E-state index >= 15 is 0 Å². The van der Waals surface area contributed by atoms with E-state index in [1.807, 2.05) is 30.3 Å². The van der Waals surface area contributed by atoms with Gasteiger partial charge >= 0.3 is 5.97 Å². The summed E-state index contributed by atoms with van der Waals surface area (Å²) < 4.78 is 21.9. The SMILES string of the molecule is COc1ccc(CC2(CCC(=O)O)c3cc(OC)c(OC)cc3CCN2C)cc1OC. The summed E-state index contributed by atoms with van der Waals surface area (Å²) in [6.07, 6.45) is 2.01. The van der Waals surface area contributed by atoms with Crippen molar-refractivity contribution in [1.29, 1.82) is 0 Å². The van der Waals surface area contributed by atoms with Crippen LogP contribution >= 0.6 is 0 Å². The van der Waals surface area contributed by atoms with Crippen molar-refractivity contribution in [2.24, 2.45) is 0 Å². The monoisotopic (exact) mass is 429 g/mol. The summed E-state index contributed by atoms with van der Waals surface area (Å²) in [6.45, 7) is 0.815. The third kappa shape index (κ3) is 4.42. The van der Waals surface area contributed by atoms with Crippen molar-refractivity contribution in [2.45, 2.75) is 31.2 Å². The van der Waals surface area contributed by atoms with Gasteiger partial charge < -0.3 is 24.1 Å². The van der Waals surface area contributed by atoms with E-state index in [2.05, 4.69) is 11.9 Å². The predicted octanol–water partition coefficient (Wildman–Crippen LogP) is 3.51. The summed E-state index contributed by atoms with van der Waals surface area (Å²) in [5, 5.41) is 9.49. The van der Waals surface area contributed by atoms with E-state index in [0.717, 1.165) is 29.7 Å². The maximum Gasteiger partial charge on any atom is 0.303 e. The first-order valence-corrected chi connectivity index (χ1v) is 10.3. The molecule has 0 saturated carbocycles. The molecular weight excluding hydrogens is 398 g/mol. The van der Waals surface area contributed by atoms with Gasteiger partial charge in [0, 0.05) is 13.0 Å². The first-order valence-electron chi connectivity index (χ1n) is 10.3. The molecule has 31 heavy (non-hydrogen) atoms. The van der Waals surface area contributed by atoms with Gasteiger partial charge in [0.15, 0.2) is 23.0 Å². The third-order valence-corrected chi connectivity index (χ3v) is 6.25. The van der Waals surface area contributed by atoms with E-state index in [4.69, 9.17) is 18.9 Å². The average molecular weight is 430 g/mol. The Kier molecular flexibility index (Phi) is 6.95. The van der Waals surface area contributed by atoms with Crippen LogP contribution in [0.25, 0.3) is 0 Å². The molecule has 0 aromatic heterocycles. The molecule has 0 aliphatic carbocycles. The van der Waals surface area contributed by atoms with Gasteiger partial charge in [0.25, 0.3) is 0 Å². The van der Waals surface area contributed by atoms with Crippen LogP contribution in [0.4, 0.5) is 0 Å². The highest BCUT2D eigenvalue weighted by molar-refractivity contribution is 5.67. The highest BCUT2D eigenvalue weighted by Crippen LogP contribution is 2.45. The van der Waals surface area contributed by atoms with Crippen LogP contribution in [0.5, 0.6) is 23.0 Å². The van der Waals surface area contributed by atoms with Gasteiger partial charge in [-0.2, -0.15) is 0 Å². The fraction of sp³-hybridized carbons (Fsp3) is 0.458. The molecule has 1 N–H and O–H groups in total. The number of hydrogen-bond acceptors (Lipinski definition) is 6. The number of methoxy groups -OCH3 is 4. The summed E-state index contributed by atoms with van der Waals surface area (Å²) in [7, 11) is 8.52. The highest BCUT2D eigenvalue weighted by Gasteiger charge is 2.42. The molecule has 0 fully saturated rings. The molecule has 0 saturated heterocycles. The molecule has 2 aromatic carbocycles. The number of fused-ring (bicyclic) bond motifs is 1. The van der Waals surface area contributed by atoms with Crippen LogP contribution < -0.4 is 18.9 Å². The van der Waals surface area contributed by atoms with Gasteiger partial charge in [-0.1, -0.05) is 6.07 Å². The Hall–Kier alpha value is -2.93. The van der Waals surface area contributed by atoms with E-state index in [9.17, 15) is 9.90 Å². The van der Waals surface area contributed by atoms with Crippen LogP contribution in [0, 0.1) is 0 Å². The minimum atomic E-state index is -0.812. The lowest BCUT2D eigenvalue weighted by Gasteiger charge is -2.47.